The molecule has 75 valence electrons. The number of hydrogen-bond acceptors (Lipinski definition) is 4. The molecular weight excluding hydrogens is 248 g/mol. The molecular formula is C2H8CuO6S2. The van der Waals surface area contributed by atoms with Crippen molar-refractivity contribution in [2.45, 2.75) is 0 Å². The van der Waals surface area contributed by atoms with Gasteiger partial charge in [0.2, 0.25) is 0 Å². The van der Waals surface area contributed by atoms with Gasteiger partial charge in [-0.25, -0.2) is 0 Å². The minimum Gasteiger partial charge on any atom is -0.286 e. The molecule has 0 fully saturated rings. The van der Waals surface area contributed by atoms with Crippen LogP contribution in [0.3, 0.4) is 0 Å². The maximum Gasteiger partial charge on any atom is 0.261 e. The molecule has 0 aliphatic carbocycles. The van der Waals surface area contributed by atoms with Crippen LogP contribution in [0.5, 0.6) is 0 Å². The Morgan fingerprint density at radius 2 is 0.818 bits per heavy atom. The van der Waals surface area contributed by atoms with Crippen LogP contribution in [-0.2, 0) is 37.3 Å². The molecule has 0 heterocycles. The molecule has 0 aromatic carbocycles. The van der Waals surface area contributed by atoms with Crippen LogP contribution >= 0.6 is 0 Å². The molecule has 6 nitrogen and oxygen atoms in total. The fourth-order valence-corrected chi connectivity index (χ4v) is 0. The molecule has 0 aromatic rings. The third-order valence-corrected chi connectivity index (χ3v) is 0. The van der Waals surface area contributed by atoms with Crippen LogP contribution in [0.25, 0.3) is 0 Å². The van der Waals surface area contributed by atoms with Gasteiger partial charge in [0.15, 0.2) is 0 Å². The van der Waals surface area contributed by atoms with Crippen LogP contribution in [0, 0.1) is 0 Å². The van der Waals surface area contributed by atoms with Crippen LogP contribution in [-0.4, -0.2) is 38.5 Å². The summed E-state index contributed by atoms with van der Waals surface area (Å²) in [5.41, 5.74) is 0. The SMILES string of the molecule is CS(=O)(=O)O.CS(=O)(=O)O.[Cu]. The summed E-state index contributed by atoms with van der Waals surface area (Å²) in [6.45, 7) is 0. The van der Waals surface area contributed by atoms with Crippen molar-refractivity contribution in [2.24, 2.45) is 0 Å². The Balaban J connectivity index is -0.000000107. The van der Waals surface area contributed by atoms with Gasteiger partial charge in [-0.1, -0.05) is 0 Å². The molecule has 0 saturated heterocycles. The maximum atomic E-state index is 9.19. The second-order valence-electron chi connectivity index (χ2n) is 1.47. The second-order valence-corrected chi connectivity index (χ2v) is 4.40. The van der Waals surface area contributed by atoms with Crippen molar-refractivity contribution in [2.75, 3.05) is 12.5 Å². The molecule has 0 saturated carbocycles. The predicted molar refractivity (Wildman–Crippen MR) is 34.9 cm³/mol. The first kappa shape index (κ1) is 17.4. The first-order valence-corrected chi connectivity index (χ1v) is 5.54. The van der Waals surface area contributed by atoms with E-state index in [9.17, 15) is 16.8 Å². The van der Waals surface area contributed by atoms with Crippen LogP contribution in [0.4, 0.5) is 0 Å². The summed E-state index contributed by atoms with van der Waals surface area (Å²) >= 11 is 0. The Morgan fingerprint density at radius 3 is 0.818 bits per heavy atom. The first-order valence-electron chi connectivity index (χ1n) is 1.85. The van der Waals surface area contributed by atoms with Crippen molar-refractivity contribution in [3.8, 4) is 0 Å². The normalized spacial score (nSPS) is 10.5. The van der Waals surface area contributed by atoms with Gasteiger partial charge in [-0.2, -0.15) is 16.8 Å². The average molecular weight is 256 g/mol. The molecule has 0 atom stereocenters. The summed E-state index contributed by atoms with van der Waals surface area (Å²) in [4.78, 5) is 0. The summed E-state index contributed by atoms with van der Waals surface area (Å²) in [5, 5.41) is 0. The van der Waals surface area contributed by atoms with Gasteiger partial charge in [0.1, 0.15) is 0 Å². The maximum absolute atomic E-state index is 9.19. The van der Waals surface area contributed by atoms with Gasteiger partial charge in [-0.15, -0.1) is 0 Å². The largest absolute Gasteiger partial charge is 0.286 e. The van der Waals surface area contributed by atoms with Crippen LogP contribution < -0.4 is 0 Å². The van der Waals surface area contributed by atoms with Crippen LogP contribution in [0.1, 0.15) is 0 Å². The van der Waals surface area contributed by atoms with Crippen molar-refractivity contribution in [3.05, 3.63) is 0 Å². The van der Waals surface area contributed by atoms with Crippen molar-refractivity contribution in [1.29, 1.82) is 0 Å². The third-order valence-electron chi connectivity index (χ3n) is 0. The molecule has 0 aromatic heterocycles. The van der Waals surface area contributed by atoms with E-state index in [1.165, 1.54) is 0 Å². The molecule has 0 rings (SSSR count). The van der Waals surface area contributed by atoms with Crippen LogP contribution in [0.2, 0.25) is 0 Å². The van der Waals surface area contributed by atoms with E-state index in [1.54, 1.807) is 0 Å². The summed E-state index contributed by atoms with van der Waals surface area (Å²) < 4.78 is 51.7. The first-order chi connectivity index (χ1) is 4.00. The zero-order valence-electron chi connectivity index (χ0n) is 5.65. The topological polar surface area (TPSA) is 109 Å². The van der Waals surface area contributed by atoms with Gasteiger partial charge >= 0.3 is 0 Å². The monoisotopic (exact) mass is 255 g/mol. The zero-order chi connectivity index (χ0) is 9.00. The van der Waals surface area contributed by atoms with E-state index in [4.69, 9.17) is 9.11 Å². The summed E-state index contributed by atoms with van der Waals surface area (Å²) in [6, 6.07) is 0. The Morgan fingerprint density at radius 1 is 0.818 bits per heavy atom. The van der Waals surface area contributed by atoms with Gasteiger partial charge in [0.05, 0.1) is 12.5 Å². The van der Waals surface area contributed by atoms with Crippen molar-refractivity contribution in [1.82, 2.24) is 0 Å². The summed E-state index contributed by atoms with van der Waals surface area (Å²) in [5.74, 6) is 0. The standard InChI is InChI=1S/2CH4O3S.Cu/c2*1-5(2,3)4;/h2*1H3,(H,2,3,4);. The van der Waals surface area contributed by atoms with Gasteiger partial charge in [0, 0.05) is 17.1 Å². The predicted octanol–water partition coefficient (Wildman–Crippen LogP) is -0.994. The Hall–Kier alpha value is 0.339. The molecule has 0 aliphatic rings. The fourth-order valence-electron chi connectivity index (χ4n) is 0. The van der Waals surface area contributed by atoms with E-state index in [2.05, 4.69) is 0 Å². The van der Waals surface area contributed by atoms with E-state index < -0.39 is 20.2 Å². The molecule has 0 amide bonds. The van der Waals surface area contributed by atoms with E-state index in [-0.39, 0.29) is 17.1 Å². The Labute approximate surface area is 76.0 Å². The van der Waals surface area contributed by atoms with Gasteiger partial charge < -0.3 is 0 Å². The van der Waals surface area contributed by atoms with E-state index in [0.717, 1.165) is 0 Å². The number of rotatable bonds is 0. The van der Waals surface area contributed by atoms with Gasteiger partial charge in [-0.05, 0) is 0 Å². The molecule has 2 N–H and O–H groups in total. The minimum atomic E-state index is -3.67. The van der Waals surface area contributed by atoms with E-state index in [1.807, 2.05) is 0 Å². The fraction of sp³-hybridized carbons (Fsp3) is 1.00. The molecule has 9 heteroatoms. The van der Waals surface area contributed by atoms with Gasteiger partial charge in [-0.3, -0.25) is 9.11 Å². The smallest absolute Gasteiger partial charge is 0.261 e. The van der Waals surface area contributed by atoms with Crippen molar-refractivity contribution in [3.63, 3.8) is 0 Å². The van der Waals surface area contributed by atoms with Crippen LogP contribution in [0.15, 0.2) is 0 Å². The Bertz CT molecular complexity index is 215. The summed E-state index contributed by atoms with van der Waals surface area (Å²) in [7, 11) is -7.33. The molecule has 1 radical (unpaired) electrons. The molecule has 0 aliphatic heterocycles. The second kappa shape index (κ2) is 5.92. The molecule has 11 heavy (non-hydrogen) atoms. The quantitative estimate of drug-likeness (QED) is 0.425. The van der Waals surface area contributed by atoms with Crippen molar-refractivity contribution < 1.29 is 43.0 Å². The minimum absolute atomic E-state index is 0. The van der Waals surface area contributed by atoms with E-state index >= 15 is 0 Å². The molecule has 0 unspecified atom stereocenters. The zero-order valence-corrected chi connectivity index (χ0v) is 8.22. The van der Waals surface area contributed by atoms with Gasteiger partial charge in [0.25, 0.3) is 20.2 Å². The summed E-state index contributed by atoms with van der Waals surface area (Å²) in [6.07, 6.45) is 1.43. The molecule has 0 bridgehead atoms. The average Bonchev–Trinajstić information content (AvgIpc) is 1.12. The molecule has 0 spiro atoms. The van der Waals surface area contributed by atoms with Crippen molar-refractivity contribution >= 4 is 20.2 Å². The Kier molecular flexibility index (Phi) is 9.39. The van der Waals surface area contributed by atoms with E-state index in [0.29, 0.717) is 12.5 Å². The number of hydrogen-bond donors (Lipinski definition) is 2. The third kappa shape index (κ3) is 6240.